The van der Waals surface area contributed by atoms with Crippen LogP contribution in [0, 0.1) is 5.82 Å². The molecule has 0 bridgehead atoms. The van der Waals surface area contributed by atoms with Gasteiger partial charge in [-0.2, -0.15) is 11.8 Å². The highest BCUT2D eigenvalue weighted by molar-refractivity contribution is 7.98. The first-order chi connectivity index (χ1) is 6.27. The topological polar surface area (TPSA) is 26.0 Å². The first-order valence-electron chi connectivity index (χ1n) is 4.33. The number of benzene rings is 1. The lowest BCUT2D eigenvalue weighted by atomic mass is 10.1. The largest absolute Gasteiger partial charge is 0.326 e. The smallest absolute Gasteiger partial charge is 0.127 e. The van der Waals surface area contributed by atoms with Gasteiger partial charge in [0, 0.05) is 17.9 Å². The van der Waals surface area contributed by atoms with Gasteiger partial charge in [-0.05, 0) is 17.4 Å². The van der Waals surface area contributed by atoms with Crippen molar-refractivity contribution in [3.05, 3.63) is 35.1 Å². The molecule has 1 nitrogen and oxygen atoms in total. The van der Waals surface area contributed by atoms with Crippen molar-refractivity contribution in [2.45, 2.75) is 19.2 Å². The Morgan fingerprint density at radius 2 is 2.23 bits per heavy atom. The van der Waals surface area contributed by atoms with Crippen LogP contribution in [-0.2, 0) is 12.3 Å². The summed E-state index contributed by atoms with van der Waals surface area (Å²) in [6.45, 7) is 2.38. The molecule has 0 heterocycles. The molecule has 0 atom stereocenters. The van der Waals surface area contributed by atoms with Crippen LogP contribution >= 0.6 is 11.8 Å². The predicted molar refractivity (Wildman–Crippen MR) is 56.1 cm³/mol. The van der Waals surface area contributed by atoms with Crippen LogP contribution in [0.3, 0.4) is 0 Å². The molecule has 1 rings (SSSR count). The van der Waals surface area contributed by atoms with E-state index in [1.807, 2.05) is 23.9 Å². The molecule has 3 heteroatoms. The van der Waals surface area contributed by atoms with Crippen LogP contribution in [0.4, 0.5) is 4.39 Å². The maximum Gasteiger partial charge on any atom is 0.127 e. The highest BCUT2D eigenvalue weighted by atomic mass is 32.2. The van der Waals surface area contributed by atoms with Crippen LogP contribution < -0.4 is 5.73 Å². The molecule has 0 aliphatic heterocycles. The maximum atomic E-state index is 13.0. The second-order valence-corrected chi connectivity index (χ2v) is 4.04. The second-order valence-electron chi connectivity index (χ2n) is 2.77. The first kappa shape index (κ1) is 10.5. The van der Waals surface area contributed by atoms with Gasteiger partial charge in [0.25, 0.3) is 0 Å². The molecular formula is C10H14FNS. The van der Waals surface area contributed by atoms with Crippen molar-refractivity contribution in [2.24, 2.45) is 5.73 Å². The maximum absolute atomic E-state index is 13.0. The third-order valence-electron chi connectivity index (χ3n) is 1.80. The molecule has 72 valence electrons. The summed E-state index contributed by atoms with van der Waals surface area (Å²) in [6, 6.07) is 5.16. The number of halogens is 1. The van der Waals surface area contributed by atoms with Gasteiger partial charge in [0.15, 0.2) is 0 Å². The van der Waals surface area contributed by atoms with E-state index in [0.717, 1.165) is 17.1 Å². The number of nitrogens with two attached hydrogens (primary N) is 1. The van der Waals surface area contributed by atoms with Gasteiger partial charge in [0.2, 0.25) is 0 Å². The van der Waals surface area contributed by atoms with E-state index in [-0.39, 0.29) is 12.4 Å². The summed E-state index contributed by atoms with van der Waals surface area (Å²) < 4.78 is 13.0. The Hall–Kier alpha value is -0.540. The molecule has 0 amide bonds. The highest BCUT2D eigenvalue weighted by Crippen LogP contribution is 2.15. The van der Waals surface area contributed by atoms with Crippen LogP contribution in [0.15, 0.2) is 18.2 Å². The van der Waals surface area contributed by atoms with Crippen molar-refractivity contribution in [1.82, 2.24) is 0 Å². The van der Waals surface area contributed by atoms with Crippen molar-refractivity contribution in [3.63, 3.8) is 0 Å². The van der Waals surface area contributed by atoms with Crippen LogP contribution in [0.2, 0.25) is 0 Å². The molecule has 0 saturated heterocycles. The first-order valence-corrected chi connectivity index (χ1v) is 5.48. The third-order valence-corrected chi connectivity index (χ3v) is 2.75. The summed E-state index contributed by atoms with van der Waals surface area (Å²) >= 11 is 1.82. The summed E-state index contributed by atoms with van der Waals surface area (Å²) in [7, 11) is 0. The van der Waals surface area contributed by atoms with E-state index in [4.69, 9.17) is 5.73 Å². The molecule has 0 radical (unpaired) electrons. The average Bonchev–Trinajstić information content (AvgIpc) is 2.16. The summed E-state index contributed by atoms with van der Waals surface area (Å²) in [4.78, 5) is 0. The molecular weight excluding hydrogens is 185 g/mol. The van der Waals surface area contributed by atoms with Gasteiger partial charge in [-0.15, -0.1) is 0 Å². The Balaban J connectivity index is 2.74. The Kier molecular flexibility index (Phi) is 4.25. The molecule has 0 spiro atoms. The van der Waals surface area contributed by atoms with Crippen molar-refractivity contribution in [3.8, 4) is 0 Å². The fourth-order valence-electron chi connectivity index (χ4n) is 1.09. The van der Waals surface area contributed by atoms with E-state index in [1.165, 1.54) is 6.07 Å². The van der Waals surface area contributed by atoms with Crippen molar-refractivity contribution >= 4 is 11.8 Å². The Bertz CT molecular complexity index is 276. The lowest BCUT2D eigenvalue weighted by Crippen LogP contribution is -2.00. The monoisotopic (exact) mass is 199 g/mol. The number of hydrogen-bond donors (Lipinski definition) is 1. The van der Waals surface area contributed by atoms with Crippen LogP contribution in [0.5, 0.6) is 0 Å². The van der Waals surface area contributed by atoms with E-state index in [9.17, 15) is 4.39 Å². The van der Waals surface area contributed by atoms with E-state index in [1.54, 1.807) is 0 Å². The molecule has 2 N–H and O–H groups in total. The van der Waals surface area contributed by atoms with Gasteiger partial charge in [-0.3, -0.25) is 0 Å². The zero-order chi connectivity index (χ0) is 9.68. The van der Waals surface area contributed by atoms with Gasteiger partial charge in [0.1, 0.15) is 5.82 Å². The molecule has 1 aromatic carbocycles. The van der Waals surface area contributed by atoms with Crippen molar-refractivity contribution in [2.75, 3.05) is 5.75 Å². The summed E-state index contributed by atoms with van der Waals surface area (Å²) in [5.74, 6) is 1.81. The summed E-state index contributed by atoms with van der Waals surface area (Å²) in [5, 5.41) is 0. The minimum atomic E-state index is -0.201. The second kappa shape index (κ2) is 5.25. The molecule has 0 fully saturated rings. The van der Waals surface area contributed by atoms with E-state index in [0.29, 0.717) is 5.56 Å². The van der Waals surface area contributed by atoms with Gasteiger partial charge >= 0.3 is 0 Å². The zero-order valence-electron chi connectivity index (χ0n) is 7.72. The van der Waals surface area contributed by atoms with E-state index >= 15 is 0 Å². The molecule has 1 aromatic rings. The number of rotatable bonds is 4. The normalized spacial score (nSPS) is 10.4. The number of hydrogen-bond acceptors (Lipinski definition) is 2. The van der Waals surface area contributed by atoms with E-state index in [2.05, 4.69) is 6.92 Å². The summed E-state index contributed by atoms with van der Waals surface area (Å²) in [6.07, 6.45) is 0. The molecule has 0 aliphatic carbocycles. The van der Waals surface area contributed by atoms with Crippen molar-refractivity contribution in [1.29, 1.82) is 0 Å². The quantitative estimate of drug-likeness (QED) is 0.806. The molecule has 0 aromatic heterocycles. The Morgan fingerprint density at radius 3 is 2.85 bits per heavy atom. The van der Waals surface area contributed by atoms with Gasteiger partial charge in [0.05, 0.1) is 0 Å². The minimum Gasteiger partial charge on any atom is -0.326 e. The van der Waals surface area contributed by atoms with Crippen molar-refractivity contribution < 1.29 is 4.39 Å². The average molecular weight is 199 g/mol. The van der Waals surface area contributed by atoms with Crippen LogP contribution in [0.1, 0.15) is 18.1 Å². The lowest BCUT2D eigenvalue weighted by molar-refractivity contribution is 0.610. The summed E-state index contributed by atoms with van der Waals surface area (Å²) in [5.41, 5.74) is 7.15. The fourth-order valence-corrected chi connectivity index (χ4v) is 1.71. The number of thioether (sulfide) groups is 1. The van der Waals surface area contributed by atoms with Gasteiger partial charge in [-0.1, -0.05) is 19.1 Å². The van der Waals surface area contributed by atoms with Gasteiger partial charge < -0.3 is 5.73 Å². The Morgan fingerprint density at radius 1 is 1.46 bits per heavy atom. The Labute approximate surface area is 82.5 Å². The van der Waals surface area contributed by atoms with Gasteiger partial charge in [-0.25, -0.2) is 4.39 Å². The van der Waals surface area contributed by atoms with E-state index < -0.39 is 0 Å². The third kappa shape index (κ3) is 3.01. The van der Waals surface area contributed by atoms with Crippen LogP contribution in [0.25, 0.3) is 0 Å². The predicted octanol–water partition coefficient (Wildman–Crippen LogP) is 2.54. The molecule has 0 unspecified atom stereocenters. The highest BCUT2D eigenvalue weighted by Gasteiger charge is 2.01. The van der Waals surface area contributed by atoms with Crippen LogP contribution in [-0.4, -0.2) is 5.75 Å². The SMILES string of the molecule is CCSCc1ccc(F)c(CN)c1. The lowest BCUT2D eigenvalue weighted by Gasteiger charge is -2.03. The molecule has 0 saturated carbocycles. The standard InChI is InChI=1S/C10H14FNS/c1-2-13-7-8-3-4-10(11)9(5-8)6-12/h3-5H,2,6-7,12H2,1H3. The zero-order valence-corrected chi connectivity index (χ0v) is 8.53. The fraction of sp³-hybridized carbons (Fsp3) is 0.400. The molecule has 13 heavy (non-hydrogen) atoms. The minimum absolute atomic E-state index is 0.201. The molecule has 0 aliphatic rings.